The highest BCUT2D eigenvalue weighted by molar-refractivity contribution is 5.07. The molecule has 0 radical (unpaired) electrons. The van der Waals surface area contributed by atoms with Crippen LogP contribution in [0, 0.1) is 5.92 Å². The molecule has 0 aromatic carbocycles. The number of likely N-dealkylation sites (tertiary alicyclic amines) is 1. The van der Waals surface area contributed by atoms with Crippen LogP contribution in [0.2, 0.25) is 0 Å². The van der Waals surface area contributed by atoms with Gasteiger partial charge in [-0.2, -0.15) is 0 Å². The number of pyridine rings is 1. The molecule has 1 saturated heterocycles. The highest BCUT2D eigenvalue weighted by Gasteiger charge is 2.12. The maximum absolute atomic E-state index is 4.13. The van der Waals surface area contributed by atoms with Crippen LogP contribution in [-0.2, 0) is 6.54 Å². The average Bonchev–Trinajstić information content (AvgIpc) is 2.41. The van der Waals surface area contributed by atoms with E-state index in [0.29, 0.717) is 0 Å². The molecule has 1 aromatic heterocycles. The fourth-order valence-electron chi connectivity index (χ4n) is 2.61. The largest absolute Gasteiger partial charge is 0.312 e. The van der Waals surface area contributed by atoms with Crippen LogP contribution in [0.15, 0.2) is 24.5 Å². The summed E-state index contributed by atoms with van der Waals surface area (Å²) >= 11 is 0. The zero-order valence-corrected chi connectivity index (χ0v) is 11.4. The molecular weight excluding hydrogens is 222 g/mol. The molecule has 0 spiro atoms. The number of hydrogen-bond acceptors (Lipinski definition) is 3. The van der Waals surface area contributed by atoms with Crippen molar-refractivity contribution in [2.45, 2.75) is 32.7 Å². The van der Waals surface area contributed by atoms with Gasteiger partial charge in [0.25, 0.3) is 0 Å². The molecule has 3 nitrogen and oxygen atoms in total. The lowest BCUT2D eigenvalue weighted by atomic mass is 10.1. The summed E-state index contributed by atoms with van der Waals surface area (Å²) in [5.41, 5.74) is 1.27. The van der Waals surface area contributed by atoms with E-state index in [2.05, 4.69) is 28.2 Å². The van der Waals surface area contributed by atoms with E-state index in [1.807, 2.05) is 18.5 Å². The van der Waals surface area contributed by atoms with E-state index in [4.69, 9.17) is 0 Å². The van der Waals surface area contributed by atoms with E-state index >= 15 is 0 Å². The molecule has 3 heteroatoms. The maximum atomic E-state index is 4.13. The minimum Gasteiger partial charge on any atom is -0.312 e. The molecule has 0 saturated carbocycles. The van der Waals surface area contributed by atoms with Crippen LogP contribution in [0.25, 0.3) is 0 Å². The van der Waals surface area contributed by atoms with E-state index in [0.717, 1.165) is 19.0 Å². The van der Waals surface area contributed by atoms with Crippen LogP contribution in [0.3, 0.4) is 0 Å². The Labute approximate surface area is 111 Å². The molecule has 0 amide bonds. The fraction of sp³-hybridized carbons (Fsp3) is 0.667. The Kier molecular flexibility index (Phi) is 5.62. The van der Waals surface area contributed by atoms with Gasteiger partial charge in [-0.05, 0) is 50.0 Å². The van der Waals surface area contributed by atoms with Crippen molar-refractivity contribution in [1.82, 2.24) is 15.2 Å². The van der Waals surface area contributed by atoms with Gasteiger partial charge in [0.1, 0.15) is 0 Å². The Morgan fingerprint density at radius 1 is 1.33 bits per heavy atom. The van der Waals surface area contributed by atoms with Crippen molar-refractivity contribution in [3.63, 3.8) is 0 Å². The van der Waals surface area contributed by atoms with Crippen LogP contribution in [0.5, 0.6) is 0 Å². The fourth-order valence-corrected chi connectivity index (χ4v) is 2.61. The SMILES string of the molecule is C[C@@H](CNCc1cccnc1)CN1CCCCC1. The van der Waals surface area contributed by atoms with Crippen molar-refractivity contribution in [2.75, 3.05) is 26.2 Å². The van der Waals surface area contributed by atoms with Gasteiger partial charge in [0.05, 0.1) is 0 Å². The van der Waals surface area contributed by atoms with Gasteiger partial charge in [-0.15, -0.1) is 0 Å². The summed E-state index contributed by atoms with van der Waals surface area (Å²) in [6.07, 6.45) is 7.95. The van der Waals surface area contributed by atoms with E-state index < -0.39 is 0 Å². The second-order valence-electron chi connectivity index (χ2n) is 5.46. The van der Waals surface area contributed by atoms with Gasteiger partial charge in [-0.3, -0.25) is 4.98 Å². The molecular formula is C15H25N3. The van der Waals surface area contributed by atoms with Crippen molar-refractivity contribution in [2.24, 2.45) is 5.92 Å². The molecule has 1 aliphatic heterocycles. The first-order valence-electron chi connectivity index (χ1n) is 7.16. The molecule has 100 valence electrons. The summed E-state index contributed by atoms with van der Waals surface area (Å²) < 4.78 is 0. The third-order valence-corrected chi connectivity index (χ3v) is 3.56. The molecule has 2 rings (SSSR count). The first-order chi connectivity index (χ1) is 8.84. The van der Waals surface area contributed by atoms with E-state index in [1.165, 1.54) is 44.5 Å². The molecule has 1 atom stereocenters. The smallest absolute Gasteiger partial charge is 0.0312 e. The van der Waals surface area contributed by atoms with Crippen LogP contribution < -0.4 is 5.32 Å². The lowest BCUT2D eigenvalue weighted by Crippen LogP contribution is -2.36. The van der Waals surface area contributed by atoms with Crippen molar-refractivity contribution < 1.29 is 0 Å². The van der Waals surface area contributed by atoms with Crippen LogP contribution in [-0.4, -0.2) is 36.1 Å². The minimum absolute atomic E-state index is 0.722. The number of hydrogen-bond donors (Lipinski definition) is 1. The van der Waals surface area contributed by atoms with Gasteiger partial charge < -0.3 is 10.2 Å². The summed E-state index contributed by atoms with van der Waals surface area (Å²) in [6.45, 7) is 8.19. The van der Waals surface area contributed by atoms with Crippen molar-refractivity contribution in [1.29, 1.82) is 0 Å². The second-order valence-corrected chi connectivity index (χ2v) is 5.46. The van der Waals surface area contributed by atoms with Crippen LogP contribution >= 0.6 is 0 Å². The Morgan fingerprint density at radius 2 is 2.17 bits per heavy atom. The third kappa shape index (κ3) is 4.75. The predicted molar refractivity (Wildman–Crippen MR) is 75.4 cm³/mol. The number of rotatable bonds is 6. The van der Waals surface area contributed by atoms with Crippen molar-refractivity contribution >= 4 is 0 Å². The molecule has 1 aliphatic rings. The number of aromatic nitrogens is 1. The molecule has 2 heterocycles. The lowest BCUT2D eigenvalue weighted by Gasteiger charge is -2.29. The van der Waals surface area contributed by atoms with Gasteiger partial charge in [-0.1, -0.05) is 19.4 Å². The molecule has 18 heavy (non-hydrogen) atoms. The van der Waals surface area contributed by atoms with Gasteiger partial charge in [0, 0.05) is 25.5 Å². The predicted octanol–water partition coefficient (Wildman–Crippen LogP) is 2.29. The normalized spacial score (nSPS) is 18.7. The lowest BCUT2D eigenvalue weighted by molar-refractivity contribution is 0.199. The summed E-state index contributed by atoms with van der Waals surface area (Å²) in [4.78, 5) is 6.74. The van der Waals surface area contributed by atoms with E-state index in [9.17, 15) is 0 Å². The van der Waals surface area contributed by atoms with Gasteiger partial charge in [0.2, 0.25) is 0 Å². The summed E-state index contributed by atoms with van der Waals surface area (Å²) in [7, 11) is 0. The highest BCUT2D eigenvalue weighted by atomic mass is 15.1. The summed E-state index contributed by atoms with van der Waals surface area (Å²) in [5, 5.41) is 3.52. The Balaban J connectivity index is 1.61. The maximum Gasteiger partial charge on any atom is 0.0312 e. The van der Waals surface area contributed by atoms with Crippen molar-refractivity contribution in [3.8, 4) is 0 Å². The number of nitrogens with one attached hydrogen (secondary N) is 1. The number of nitrogens with zero attached hydrogens (tertiary/aromatic N) is 2. The molecule has 1 fully saturated rings. The monoisotopic (exact) mass is 247 g/mol. The summed E-state index contributed by atoms with van der Waals surface area (Å²) in [6, 6.07) is 4.11. The molecule has 0 unspecified atom stereocenters. The molecule has 1 N–H and O–H groups in total. The van der Waals surface area contributed by atoms with Gasteiger partial charge in [-0.25, -0.2) is 0 Å². The zero-order valence-electron chi connectivity index (χ0n) is 11.4. The first-order valence-corrected chi connectivity index (χ1v) is 7.16. The van der Waals surface area contributed by atoms with Crippen LogP contribution in [0.1, 0.15) is 31.7 Å². The zero-order chi connectivity index (χ0) is 12.6. The molecule has 0 bridgehead atoms. The molecule has 0 aliphatic carbocycles. The van der Waals surface area contributed by atoms with E-state index in [1.54, 1.807) is 0 Å². The topological polar surface area (TPSA) is 28.2 Å². The van der Waals surface area contributed by atoms with Crippen LogP contribution in [0.4, 0.5) is 0 Å². The Bertz CT molecular complexity index is 320. The Morgan fingerprint density at radius 3 is 2.89 bits per heavy atom. The average molecular weight is 247 g/mol. The minimum atomic E-state index is 0.722. The molecule has 1 aromatic rings. The quantitative estimate of drug-likeness (QED) is 0.836. The Hall–Kier alpha value is -0.930. The first kappa shape index (κ1) is 13.5. The van der Waals surface area contributed by atoms with Gasteiger partial charge >= 0.3 is 0 Å². The number of piperidine rings is 1. The van der Waals surface area contributed by atoms with Crippen molar-refractivity contribution in [3.05, 3.63) is 30.1 Å². The standard InChI is InChI=1S/C15H25N3/c1-14(13-18-8-3-2-4-9-18)10-17-12-15-6-5-7-16-11-15/h5-7,11,14,17H,2-4,8-10,12-13H2,1H3/t14-/m0/s1. The summed E-state index contributed by atoms with van der Waals surface area (Å²) in [5.74, 6) is 0.722. The van der Waals surface area contributed by atoms with Gasteiger partial charge in [0.15, 0.2) is 0 Å². The third-order valence-electron chi connectivity index (χ3n) is 3.56. The van der Waals surface area contributed by atoms with E-state index in [-0.39, 0.29) is 0 Å². The second kappa shape index (κ2) is 7.49. The highest BCUT2D eigenvalue weighted by Crippen LogP contribution is 2.10.